The Morgan fingerprint density at radius 1 is 1.56 bits per heavy atom. The van der Waals surface area contributed by atoms with Crippen LogP contribution in [0.15, 0.2) is 12.4 Å². The Bertz CT molecular complexity index is 175. The van der Waals surface area contributed by atoms with Crippen LogP contribution >= 0.6 is 0 Å². The summed E-state index contributed by atoms with van der Waals surface area (Å²) in [7, 11) is 0. The van der Waals surface area contributed by atoms with Crippen molar-refractivity contribution in [2.45, 2.75) is 25.2 Å². The SMILES string of the molecule is c1c[nH]c(C2CCC2)n1. The van der Waals surface area contributed by atoms with Crippen LogP contribution in [0.3, 0.4) is 0 Å². The van der Waals surface area contributed by atoms with E-state index in [0.717, 1.165) is 5.92 Å². The molecule has 0 spiro atoms. The Morgan fingerprint density at radius 2 is 2.44 bits per heavy atom. The summed E-state index contributed by atoms with van der Waals surface area (Å²) in [5, 5.41) is 0. The van der Waals surface area contributed by atoms with E-state index in [1.165, 1.54) is 25.1 Å². The van der Waals surface area contributed by atoms with Crippen molar-refractivity contribution in [2.75, 3.05) is 0 Å². The van der Waals surface area contributed by atoms with Gasteiger partial charge in [-0.05, 0) is 12.8 Å². The Labute approximate surface area is 54.3 Å². The van der Waals surface area contributed by atoms with E-state index in [4.69, 9.17) is 0 Å². The second-order valence-corrected chi connectivity index (χ2v) is 2.60. The Hall–Kier alpha value is -0.790. The molecule has 1 aliphatic rings. The van der Waals surface area contributed by atoms with Crippen molar-refractivity contribution in [1.29, 1.82) is 0 Å². The minimum Gasteiger partial charge on any atom is -0.348 e. The second kappa shape index (κ2) is 1.87. The van der Waals surface area contributed by atoms with Gasteiger partial charge >= 0.3 is 0 Å². The highest BCUT2D eigenvalue weighted by Crippen LogP contribution is 2.33. The molecule has 2 heteroatoms. The van der Waals surface area contributed by atoms with Crippen LogP contribution in [0.2, 0.25) is 0 Å². The first kappa shape index (κ1) is 5.03. The standard InChI is InChI=1S/C7H10N2/c1-2-6(3-1)7-8-4-5-9-7/h4-6H,1-3H2,(H,8,9). The first-order valence-electron chi connectivity index (χ1n) is 3.46. The first-order chi connectivity index (χ1) is 4.47. The van der Waals surface area contributed by atoms with Gasteiger partial charge in [0.2, 0.25) is 0 Å². The van der Waals surface area contributed by atoms with Crippen LogP contribution < -0.4 is 0 Å². The zero-order valence-electron chi connectivity index (χ0n) is 5.30. The Kier molecular flexibility index (Phi) is 1.04. The fraction of sp³-hybridized carbons (Fsp3) is 0.571. The molecular weight excluding hydrogens is 112 g/mol. The van der Waals surface area contributed by atoms with Gasteiger partial charge < -0.3 is 4.98 Å². The number of aromatic amines is 1. The van der Waals surface area contributed by atoms with Gasteiger partial charge in [0, 0.05) is 18.3 Å². The van der Waals surface area contributed by atoms with Crippen LogP contribution in [0.5, 0.6) is 0 Å². The number of nitrogens with zero attached hydrogens (tertiary/aromatic N) is 1. The predicted molar refractivity (Wildman–Crippen MR) is 35.2 cm³/mol. The van der Waals surface area contributed by atoms with E-state index in [9.17, 15) is 0 Å². The maximum atomic E-state index is 4.18. The van der Waals surface area contributed by atoms with Crippen molar-refractivity contribution in [3.8, 4) is 0 Å². The van der Waals surface area contributed by atoms with Crippen LogP contribution in [0.4, 0.5) is 0 Å². The Morgan fingerprint density at radius 3 is 2.89 bits per heavy atom. The van der Waals surface area contributed by atoms with Crippen molar-refractivity contribution in [3.05, 3.63) is 18.2 Å². The van der Waals surface area contributed by atoms with Crippen molar-refractivity contribution in [3.63, 3.8) is 0 Å². The van der Waals surface area contributed by atoms with Gasteiger partial charge in [-0.2, -0.15) is 0 Å². The van der Waals surface area contributed by atoms with E-state index in [2.05, 4.69) is 9.97 Å². The van der Waals surface area contributed by atoms with Gasteiger partial charge in [0.15, 0.2) is 0 Å². The minimum absolute atomic E-state index is 0.750. The zero-order valence-corrected chi connectivity index (χ0v) is 5.30. The fourth-order valence-corrected chi connectivity index (χ4v) is 1.18. The number of imidazole rings is 1. The predicted octanol–water partition coefficient (Wildman–Crippen LogP) is 1.68. The number of hydrogen-bond donors (Lipinski definition) is 1. The van der Waals surface area contributed by atoms with Gasteiger partial charge in [-0.1, -0.05) is 6.42 Å². The fourth-order valence-electron chi connectivity index (χ4n) is 1.18. The topological polar surface area (TPSA) is 28.7 Å². The molecule has 1 saturated carbocycles. The molecule has 48 valence electrons. The molecule has 1 aromatic rings. The number of H-pyrrole nitrogens is 1. The molecule has 2 rings (SSSR count). The lowest BCUT2D eigenvalue weighted by Crippen LogP contribution is -2.09. The molecule has 0 aliphatic heterocycles. The zero-order chi connectivity index (χ0) is 6.10. The summed E-state index contributed by atoms with van der Waals surface area (Å²) in [6.45, 7) is 0. The summed E-state index contributed by atoms with van der Waals surface area (Å²) >= 11 is 0. The van der Waals surface area contributed by atoms with Crippen LogP contribution in [0, 0.1) is 0 Å². The molecule has 0 unspecified atom stereocenters. The molecule has 0 saturated heterocycles. The van der Waals surface area contributed by atoms with E-state index in [0.29, 0.717) is 0 Å². The third-order valence-corrected chi connectivity index (χ3v) is 2.01. The molecule has 0 bridgehead atoms. The molecule has 0 radical (unpaired) electrons. The number of hydrogen-bond acceptors (Lipinski definition) is 1. The summed E-state index contributed by atoms with van der Waals surface area (Å²) in [6.07, 6.45) is 7.76. The van der Waals surface area contributed by atoms with E-state index >= 15 is 0 Å². The molecule has 1 aromatic heterocycles. The van der Waals surface area contributed by atoms with E-state index in [1.807, 2.05) is 12.4 Å². The van der Waals surface area contributed by atoms with Crippen LogP contribution in [0.1, 0.15) is 31.0 Å². The molecule has 1 N–H and O–H groups in total. The summed E-state index contributed by atoms with van der Waals surface area (Å²) in [4.78, 5) is 7.31. The molecule has 1 heterocycles. The van der Waals surface area contributed by atoms with Gasteiger partial charge in [-0.25, -0.2) is 4.98 Å². The van der Waals surface area contributed by atoms with E-state index in [1.54, 1.807) is 0 Å². The third kappa shape index (κ3) is 0.745. The quantitative estimate of drug-likeness (QED) is 0.603. The largest absolute Gasteiger partial charge is 0.348 e. The lowest BCUT2D eigenvalue weighted by atomic mass is 9.85. The summed E-state index contributed by atoms with van der Waals surface area (Å²) in [5.74, 6) is 1.93. The molecule has 0 aromatic carbocycles. The van der Waals surface area contributed by atoms with Crippen molar-refractivity contribution < 1.29 is 0 Å². The Balaban J connectivity index is 2.14. The maximum Gasteiger partial charge on any atom is 0.109 e. The highest BCUT2D eigenvalue weighted by molar-refractivity contribution is 5.00. The van der Waals surface area contributed by atoms with Gasteiger partial charge in [-0.3, -0.25) is 0 Å². The molecule has 1 fully saturated rings. The number of aromatic nitrogens is 2. The highest BCUT2D eigenvalue weighted by atomic mass is 14.9. The van der Waals surface area contributed by atoms with Crippen molar-refractivity contribution >= 4 is 0 Å². The first-order valence-corrected chi connectivity index (χ1v) is 3.46. The van der Waals surface area contributed by atoms with Crippen LogP contribution in [0.25, 0.3) is 0 Å². The third-order valence-electron chi connectivity index (χ3n) is 2.01. The molecule has 9 heavy (non-hydrogen) atoms. The normalized spacial score (nSPS) is 19.6. The van der Waals surface area contributed by atoms with Gasteiger partial charge in [0.1, 0.15) is 5.82 Å². The van der Waals surface area contributed by atoms with Gasteiger partial charge in [-0.15, -0.1) is 0 Å². The van der Waals surface area contributed by atoms with Crippen molar-refractivity contribution in [2.24, 2.45) is 0 Å². The molecule has 1 aliphatic carbocycles. The summed E-state index contributed by atoms with van der Waals surface area (Å²) in [5.41, 5.74) is 0. The van der Waals surface area contributed by atoms with Gasteiger partial charge in [0.25, 0.3) is 0 Å². The highest BCUT2D eigenvalue weighted by Gasteiger charge is 2.20. The summed E-state index contributed by atoms with van der Waals surface area (Å²) < 4.78 is 0. The summed E-state index contributed by atoms with van der Waals surface area (Å²) in [6, 6.07) is 0. The monoisotopic (exact) mass is 122 g/mol. The number of nitrogens with one attached hydrogen (secondary N) is 1. The molecule has 2 nitrogen and oxygen atoms in total. The van der Waals surface area contributed by atoms with E-state index < -0.39 is 0 Å². The minimum atomic E-state index is 0.750. The lowest BCUT2D eigenvalue weighted by Gasteiger charge is -2.22. The van der Waals surface area contributed by atoms with Crippen LogP contribution in [-0.4, -0.2) is 9.97 Å². The van der Waals surface area contributed by atoms with Crippen molar-refractivity contribution in [1.82, 2.24) is 9.97 Å². The molecular formula is C7H10N2. The molecule has 0 amide bonds. The second-order valence-electron chi connectivity index (χ2n) is 2.60. The van der Waals surface area contributed by atoms with Gasteiger partial charge in [0.05, 0.1) is 0 Å². The maximum absolute atomic E-state index is 4.18. The average Bonchev–Trinajstić information content (AvgIpc) is 2.11. The smallest absolute Gasteiger partial charge is 0.109 e. The average molecular weight is 122 g/mol. The lowest BCUT2D eigenvalue weighted by molar-refractivity contribution is 0.404. The number of rotatable bonds is 1. The van der Waals surface area contributed by atoms with Crippen LogP contribution in [-0.2, 0) is 0 Å². The molecule has 0 atom stereocenters. The van der Waals surface area contributed by atoms with E-state index in [-0.39, 0.29) is 0 Å².